The van der Waals surface area contributed by atoms with Crippen LogP contribution in [0.2, 0.25) is 0 Å². The summed E-state index contributed by atoms with van der Waals surface area (Å²) in [5, 5.41) is 2.29. The number of morpholine rings is 1. The van der Waals surface area contributed by atoms with Gasteiger partial charge in [0.2, 0.25) is 0 Å². The number of hydrogen-bond donors (Lipinski definition) is 1. The lowest BCUT2D eigenvalue weighted by Crippen LogP contribution is -2.89. The molecule has 0 bridgehead atoms. The predicted molar refractivity (Wildman–Crippen MR) is 137 cm³/mol. The van der Waals surface area contributed by atoms with E-state index >= 15 is 0 Å². The summed E-state index contributed by atoms with van der Waals surface area (Å²) in [6.45, 7) is 5.32. The van der Waals surface area contributed by atoms with Gasteiger partial charge < -0.3 is 10.1 Å². The van der Waals surface area contributed by atoms with Gasteiger partial charge in [-0.15, -0.1) is 0 Å². The molecule has 3 heteroatoms. The molecule has 0 aromatic heterocycles. The van der Waals surface area contributed by atoms with Crippen molar-refractivity contribution < 1.29 is 10.1 Å². The zero-order valence-electron chi connectivity index (χ0n) is 18.8. The van der Waals surface area contributed by atoms with E-state index in [0.29, 0.717) is 6.10 Å². The Morgan fingerprint density at radius 2 is 0.938 bits per heavy atom. The molecule has 1 atom stereocenters. The van der Waals surface area contributed by atoms with Crippen LogP contribution in [0.4, 0.5) is 0 Å². The fourth-order valence-electron chi connectivity index (χ4n) is 4.89. The number of ether oxygens (including phenoxy) is 1. The number of nitrogens with two attached hydrogens (primary N) is 1. The molecule has 2 nitrogen and oxygen atoms in total. The Balaban J connectivity index is 0.000000300. The van der Waals surface area contributed by atoms with Crippen molar-refractivity contribution in [3.63, 3.8) is 0 Å². The van der Waals surface area contributed by atoms with Crippen molar-refractivity contribution in [3.05, 3.63) is 121 Å². The zero-order chi connectivity index (χ0) is 22.1. The average Bonchev–Trinajstić information content (AvgIpc) is 2.88. The van der Waals surface area contributed by atoms with Gasteiger partial charge in [0.05, 0.1) is 13.2 Å². The molecule has 0 saturated carbocycles. The van der Waals surface area contributed by atoms with Crippen LogP contribution in [0.1, 0.15) is 6.92 Å². The van der Waals surface area contributed by atoms with Crippen molar-refractivity contribution in [1.29, 1.82) is 0 Å². The van der Waals surface area contributed by atoms with Crippen LogP contribution in [0.3, 0.4) is 0 Å². The minimum atomic E-state index is -1.22. The van der Waals surface area contributed by atoms with Crippen LogP contribution in [-0.2, 0) is 4.74 Å². The quantitative estimate of drug-likeness (QED) is 0.502. The summed E-state index contributed by atoms with van der Waals surface area (Å²) >= 11 is 0. The summed E-state index contributed by atoms with van der Waals surface area (Å²) in [7, 11) is 0. The SMILES string of the molecule is CC1C[NH2+]CCO1.c1ccc([B-](c2ccccc2)(c2ccccc2)c2ccccc2)cc1. The Hall–Kier alpha value is -3.14. The molecule has 4 aromatic rings. The lowest BCUT2D eigenvalue weighted by atomic mass is 9.13. The molecule has 0 amide bonds. The number of quaternary nitrogens is 1. The predicted octanol–water partition coefficient (Wildman–Crippen LogP) is 2.03. The molecular weight excluding hydrogens is 389 g/mol. The average molecular weight is 421 g/mol. The highest BCUT2D eigenvalue weighted by atomic mass is 16.5. The summed E-state index contributed by atoms with van der Waals surface area (Å²) in [5.74, 6) is 0. The highest BCUT2D eigenvalue weighted by Gasteiger charge is 2.30. The van der Waals surface area contributed by atoms with Crippen LogP contribution in [0.15, 0.2) is 121 Å². The topological polar surface area (TPSA) is 25.8 Å². The van der Waals surface area contributed by atoms with Crippen molar-refractivity contribution in [2.24, 2.45) is 0 Å². The molecule has 5 rings (SSSR count). The third kappa shape index (κ3) is 4.85. The van der Waals surface area contributed by atoms with Crippen LogP contribution < -0.4 is 27.2 Å². The van der Waals surface area contributed by atoms with Gasteiger partial charge in [0.1, 0.15) is 18.8 Å². The van der Waals surface area contributed by atoms with Crippen LogP contribution in [0, 0.1) is 0 Å². The van der Waals surface area contributed by atoms with E-state index in [1.807, 2.05) is 0 Å². The van der Waals surface area contributed by atoms with Crippen molar-refractivity contribution in [3.8, 4) is 0 Å². The monoisotopic (exact) mass is 421 g/mol. The second-order valence-electron chi connectivity index (χ2n) is 8.50. The van der Waals surface area contributed by atoms with Gasteiger partial charge in [-0.25, -0.2) is 0 Å². The molecule has 0 spiro atoms. The number of benzene rings is 4. The van der Waals surface area contributed by atoms with Crippen molar-refractivity contribution >= 4 is 28.0 Å². The Morgan fingerprint density at radius 1 is 0.594 bits per heavy atom. The molecular formula is C29H32BNO. The zero-order valence-corrected chi connectivity index (χ0v) is 18.8. The van der Waals surface area contributed by atoms with Gasteiger partial charge in [-0.1, -0.05) is 121 Å². The first kappa shape index (κ1) is 22.1. The fourth-order valence-corrected chi connectivity index (χ4v) is 4.89. The largest absolute Gasteiger partial charge is 0.367 e. The molecule has 1 aliphatic heterocycles. The van der Waals surface area contributed by atoms with Gasteiger partial charge in [-0.3, -0.25) is 0 Å². The van der Waals surface area contributed by atoms with Crippen molar-refractivity contribution in [2.75, 3.05) is 19.7 Å². The molecule has 4 aromatic carbocycles. The first-order chi connectivity index (χ1) is 15.8. The molecule has 32 heavy (non-hydrogen) atoms. The van der Waals surface area contributed by atoms with Gasteiger partial charge in [0.15, 0.2) is 0 Å². The summed E-state index contributed by atoms with van der Waals surface area (Å²) < 4.78 is 5.25. The first-order valence-electron chi connectivity index (χ1n) is 11.6. The fraction of sp³-hybridized carbons (Fsp3) is 0.172. The van der Waals surface area contributed by atoms with Gasteiger partial charge in [0, 0.05) is 0 Å². The molecule has 1 saturated heterocycles. The highest BCUT2D eigenvalue weighted by molar-refractivity contribution is 7.19. The molecule has 1 aliphatic rings. The maximum absolute atomic E-state index is 5.25. The van der Waals surface area contributed by atoms with Crippen LogP contribution in [-0.4, -0.2) is 31.9 Å². The number of hydrogen-bond acceptors (Lipinski definition) is 1. The van der Waals surface area contributed by atoms with E-state index in [2.05, 4.69) is 134 Å². The highest BCUT2D eigenvalue weighted by Crippen LogP contribution is 2.09. The van der Waals surface area contributed by atoms with Gasteiger partial charge in [-0.05, 0) is 6.92 Å². The maximum Gasteiger partial charge on any atom is 0.108 e. The smallest absolute Gasteiger partial charge is 0.108 e. The molecule has 1 fully saturated rings. The standard InChI is InChI=1S/C24H20B.C5H11NO/c1-5-13-21(14-6-1)25(22-15-7-2-8-16-22,23-17-9-3-10-18-23)24-19-11-4-12-20-24;1-5-4-6-2-3-7-5/h1-20H;5-6H,2-4H2,1H3/q-1;/p+1. The van der Waals surface area contributed by atoms with E-state index in [4.69, 9.17) is 4.74 Å². The molecule has 1 heterocycles. The normalized spacial score (nSPS) is 16.0. The Morgan fingerprint density at radius 3 is 1.16 bits per heavy atom. The molecule has 162 valence electrons. The van der Waals surface area contributed by atoms with Gasteiger partial charge in [-0.2, -0.15) is 21.9 Å². The minimum Gasteiger partial charge on any atom is -0.367 e. The molecule has 1 unspecified atom stereocenters. The third-order valence-electron chi connectivity index (χ3n) is 6.42. The Bertz CT molecular complexity index is 886. The van der Waals surface area contributed by atoms with Crippen LogP contribution in [0.5, 0.6) is 0 Å². The van der Waals surface area contributed by atoms with E-state index in [0.717, 1.165) is 19.7 Å². The van der Waals surface area contributed by atoms with E-state index in [-0.39, 0.29) is 0 Å². The second kappa shape index (κ2) is 10.9. The molecule has 0 radical (unpaired) electrons. The van der Waals surface area contributed by atoms with E-state index in [1.165, 1.54) is 21.9 Å². The van der Waals surface area contributed by atoms with E-state index in [1.54, 1.807) is 0 Å². The minimum absolute atomic E-state index is 0.480. The van der Waals surface area contributed by atoms with Gasteiger partial charge in [0.25, 0.3) is 0 Å². The maximum atomic E-state index is 5.25. The summed E-state index contributed by atoms with van der Waals surface area (Å²) in [4.78, 5) is 0. The lowest BCUT2D eigenvalue weighted by Gasteiger charge is -2.44. The summed E-state index contributed by atoms with van der Waals surface area (Å²) in [6, 6.07) is 43.5. The first-order valence-corrected chi connectivity index (χ1v) is 11.6. The van der Waals surface area contributed by atoms with Crippen LogP contribution >= 0.6 is 0 Å². The van der Waals surface area contributed by atoms with Crippen molar-refractivity contribution in [2.45, 2.75) is 13.0 Å². The Labute approximate surface area is 192 Å². The second-order valence-corrected chi connectivity index (χ2v) is 8.50. The summed E-state index contributed by atoms with van der Waals surface area (Å²) in [5.41, 5.74) is 5.36. The molecule has 0 aliphatic carbocycles. The molecule has 2 N–H and O–H groups in total. The summed E-state index contributed by atoms with van der Waals surface area (Å²) in [6.07, 6.45) is -0.735. The van der Waals surface area contributed by atoms with Crippen LogP contribution in [0.25, 0.3) is 0 Å². The number of rotatable bonds is 4. The van der Waals surface area contributed by atoms with Crippen molar-refractivity contribution in [1.82, 2.24) is 0 Å². The third-order valence-corrected chi connectivity index (χ3v) is 6.42. The lowest BCUT2D eigenvalue weighted by molar-refractivity contribution is -0.676. The van der Waals surface area contributed by atoms with E-state index in [9.17, 15) is 0 Å². The van der Waals surface area contributed by atoms with E-state index < -0.39 is 6.15 Å². The van der Waals surface area contributed by atoms with Gasteiger partial charge >= 0.3 is 0 Å². The Kier molecular flexibility index (Phi) is 7.55.